The summed E-state index contributed by atoms with van der Waals surface area (Å²) in [5.74, 6) is -0.125. The quantitative estimate of drug-likeness (QED) is 0.659. The molecule has 2 aromatic rings. The van der Waals surface area contributed by atoms with Gasteiger partial charge in [-0.2, -0.15) is 0 Å². The number of esters is 1. The average molecular weight is 418 g/mol. The van der Waals surface area contributed by atoms with Gasteiger partial charge in [0.2, 0.25) is 0 Å². The summed E-state index contributed by atoms with van der Waals surface area (Å²) in [7, 11) is 1.32. The van der Waals surface area contributed by atoms with Crippen LogP contribution in [0.1, 0.15) is 41.2 Å². The molecule has 1 fully saturated rings. The molecule has 2 atom stereocenters. The number of methoxy groups -OCH3 is 1. The topological polar surface area (TPSA) is 73.9 Å². The van der Waals surface area contributed by atoms with Crippen LogP contribution in [0.2, 0.25) is 5.02 Å². The Balaban J connectivity index is 1.68. The average Bonchev–Trinajstić information content (AvgIpc) is 3.26. The molecule has 1 heterocycles. The molecule has 2 aromatic carbocycles. The van der Waals surface area contributed by atoms with Crippen LogP contribution in [0.4, 0.5) is 0 Å². The third-order valence-electron chi connectivity index (χ3n) is 4.73. The lowest BCUT2D eigenvalue weighted by atomic mass is 10.0. The molecule has 1 N–H and O–H groups in total. The summed E-state index contributed by atoms with van der Waals surface area (Å²) in [5.41, 5.74) is 1.21. The molecule has 1 aliphatic heterocycles. The van der Waals surface area contributed by atoms with Gasteiger partial charge in [-0.1, -0.05) is 29.8 Å². The maximum absolute atomic E-state index is 12.8. The van der Waals surface area contributed by atoms with Crippen molar-refractivity contribution in [2.24, 2.45) is 0 Å². The van der Waals surface area contributed by atoms with E-state index < -0.39 is 12.0 Å². The van der Waals surface area contributed by atoms with Gasteiger partial charge < -0.3 is 19.5 Å². The van der Waals surface area contributed by atoms with Crippen LogP contribution in [0.5, 0.6) is 5.75 Å². The lowest BCUT2D eigenvalue weighted by molar-refractivity contribution is -0.141. The van der Waals surface area contributed by atoms with E-state index in [-0.39, 0.29) is 18.4 Å². The maximum Gasteiger partial charge on any atom is 0.307 e. The number of rotatable bonds is 8. The Bertz CT molecular complexity index is 833. The van der Waals surface area contributed by atoms with Gasteiger partial charge in [0.05, 0.1) is 25.7 Å². The number of ether oxygens (including phenoxy) is 3. The Hall–Kier alpha value is -2.57. The summed E-state index contributed by atoms with van der Waals surface area (Å²) in [6.45, 7) is 1.23. The molecule has 0 radical (unpaired) electrons. The zero-order chi connectivity index (χ0) is 20.6. The SMILES string of the molecule is COC(=O)CC(NC(=O)c1cccc(OCC2CCCO2)c1)c1ccc(Cl)cc1. The number of carbonyl (C=O) groups excluding carboxylic acids is 2. The van der Waals surface area contributed by atoms with Crippen molar-refractivity contribution in [3.05, 3.63) is 64.7 Å². The fourth-order valence-corrected chi connectivity index (χ4v) is 3.26. The Kier molecular flexibility index (Phi) is 7.49. The van der Waals surface area contributed by atoms with Crippen molar-refractivity contribution in [1.29, 1.82) is 0 Å². The van der Waals surface area contributed by atoms with E-state index in [0.29, 0.717) is 22.9 Å². The van der Waals surface area contributed by atoms with E-state index in [9.17, 15) is 9.59 Å². The van der Waals surface area contributed by atoms with E-state index >= 15 is 0 Å². The summed E-state index contributed by atoms with van der Waals surface area (Å²) >= 11 is 5.94. The first kappa shape index (κ1) is 21.1. The van der Waals surface area contributed by atoms with Crippen LogP contribution >= 0.6 is 11.6 Å². The first-order valence-electron chi connectivity index (χ1n) is 9.53. The van der Waals surface area contributed by atoms with Crippen molar-refractivity contribution in [2.75, 3.05) is 20.3 Å². The maximum atomic E-state index is 12.8. The second-order valence-corrected chi connectivity index (χ2v) is 7.27. The third kappa shape index (κ3) is 6.21. The molecule has 1 saturated heterocycles. The summed E-state index contributed by atoms with van der Waals surface area (Å²) < 4.78 is 16.1. The fourth-order valence-electron chi connectivity index (χ4n) is 3.13. The molecule has 0 aromatic heterocycles. The Morgan fingerprint density at radius 3 is 2.72 bits per heavy atom. The monoisotopic (exact) mass is 417 g/mol. The van der Waals surface area contributed by atoms with Gasteiger partial charge in [0.1, 0.15) is 12.4 Å². The number of nitrogens with one attached hydrogen (secondary N) is 1. The number of halogens is 1. The van der Waals surface area contributed by atoms with Crippen LogP contribution < -0.4 is 10.1 Å². The van der Waals surface area contributed by atoms with E-state index in [1.165, 1.54) is 7.11 Å². The zero-order valence-electron chi connectivity index (χ0n) is 16.2. The van der Waals surface area contributed by atoms with Gasteiger partial charge in [-0.25, -0.2) is 0 Å². The normalized spacial score (nSPS) is 16.8. The summed E-state index contributed by atoms with van der Waals surface area (Å²) in [6, 6.07) is 13.4. The van der Waals surface area contributed by atoms with Gasteiger partial charge in [0.15, 0.2) is 0 Å². The minimum atomic E-state index is -0.538. The van der Waals surface area contributed by atoms with Crippen LogP contribution in [-0.4, -0.2) is 38.3 Å². The molecular formula is C22H24ClNO5. The Morgan fingerprint density at radius 2 is 2.03 bits per heavy atom. The van der Waals surface area contributed by atoms with Gasteiger partial charge in [0, 0.05) is 17.2 Å². The lowest BCUT2D eigenvalue weighted by Gasteiger charge is -2.19. The van der Waals surface area contributed by atoms with Crippen LogP contribution in [0.25, 0.3) is 0 Å². The molecule has 1 aliphatic rings. The van der Waals surface area contributed by atoms with Crippen LogP contribution in [-0.2, 0) is 14.3 Å². The van der Waals surface area contributed by atoms with Crippen LogP contribution in [0.3, 0.4) is 0 Å². The van der Waals surface area contributed by atoms with Gasteiger partial charge in [-0.3, -0.25) is 9.59 Å². The molecular weight excluding hydrogens is 394 g/mol. The number of hydrogen-bond acceptors (Lipinski definition) is 5. The highest BCUT2D eigenvalue weighted by Gasteiger charge is 2.20. The summed E-state index contributed by atoms with van der Waals surface area (Å²) in [4.78, 5) is 24.6. The summed E-state index contributed by atoms with van der Waals surface area (Å²) in [6.07, 6.45) is 2.14. The predicted molar refractivity (Wildman–Crippen MR) is 109 cm³/mol. The van der Waals surface area contributed by atoms with Crippen molar-refractivity contribution in [3.8, 4) is 5.75 Å². The first-order valence-corrected chi connectivity index (χ1v) is 9.90. The Morgan fingerprint density at radius 1 is 1.24 bits per heavy atom. The molecule has 7 heteroatoms. The highest BCUT2D eigenvalue weighted by atomic mass is 35.5. The molecule has 29 heavy (non-hydrogen) atoms. The summed E-state index contributed by atoms with van der Waals surface area (Å²) in [5, 5.41) is 3.47. The van der Waals surface area contributed by atoms with E-state index in [1.54, 1.807) is 48.5 Å². The van der Waals surface area contributed by atoms with Crippen molar-refractivity contribution in [2.45, 2.75) is 31.4 Å². The van der Waals surface area contributed by atoms with E-state index in [1.807, 2.05) is 0 Å². The third-order valence-corrected chi connectivity index (χ3v) is 4.98. The van der Waals surface area contributed by atoms with Crippen molar-refractivity contribution in [3.63, 3.8) is 0 Å². The molecule has 0 spiro atoms. The minimum absolute atomic E-state index is 0.0130. The van der Waals surface area contributed by atoms with Crippen LogP contribution in [0.15, 0.2) is 48.5 Å². The molecule has 6 nitrogen and oxygen atoms in total. The second-order valence-electron chi connectivity index (χ2n) is 6.83. The smallest absolute Gasteiger partial charge is 0.307 e. The number of hydrogen-bond donors (Lipinski definition) is 1. The second kappa shape index (κ2) is 10.3. The predicted octanol–water partition coefficient (Wildman–Crippen LogP) is 3.93. The van der Waals surface area contributed by atoms with Crippen molar-refractivity contribution >= 4 is 23.5 Å². The largest absolute Gasteiger partial charge is 0.491 e. The van der Waals surface area contributed by atoms with Crippen molar-refractivity contribution < 1.29 is 23.8 Å². The van der Waals surface area contributed by atoms with E-state index in [0.717, 1.165) is 25.0 Å². The highest BCUT2D eigenvalue weighted by molar-refractivity contribution is 6.30. The number of amides is 1. The Labute approximate surface area is 175 Å². The van der Waals surface area contributed by atoms with E-state index in [2.05, 4.69) is 5.32 Å². The molecule has 2 unspecified atom stereocenters. The molecule has 1 amide bonds. The highest BCUT2D eigenvalue weighted by Crippen LogP contribution is 2.22. The zero-order valence-corrected chi connectivity index (χ0v) is 17.0. The van der Waals surface area contributed by atoms with Crippen molar-refractivity contribution in [1.82, 2.24) is 5.32 Å². The molecule has 3 rings (SSSR count). The van der Waals surface area contributed by atoms with Gasteiger partial charge in [-0.05, 0) is 48.7 Å². The van der Waals surface area contributed by atoms with Gasteiger partial charge >= 0.3 is 5.97 Å². The van der Waals surface area contributed by atoms with E-state index in [4.69, 9.17) is 25.8 Å². The fraction of sp³-hybridized carbons (Fsp3) is 0.364. The first-order chi connectivity index (χ1) is 14.0. The standard InChI is InChI=1S/C22H24ClNO5/c1-27-21(25)13-20(15-7-9-17(23)10-8-15)24-22(26)16-4-2-5-18(12-16)29-14-19-6-3-11-28-19/h2,4-5,7-10,12,19-20H,3,6,11,13-14H2,1H3,(H,24,26). The molecule has 0 bridgehead atoms. The van der Waals surface area contributed by atoms with Crippen LogP contribution in [0, 0.1) is 0 Å². The lowest BCUT2D eigenvalue weighted by Crippen LogP contribution is -2.30. The molecule has 0 aliphatic carbocycles. The number of benzene rings is 2. The van der Waals surface area contributed by atoms with Gasteiger partial charge in [0.25, 0.3) is 5.91 Å². The molecule has 0 saturated carbocycles. The number of carbonyl (C=O) groups is 2. The molecule has 154 valence electrons. The minimum Gasteiger partial charge on any atom is -0.491 e. The van der Waals surface area contributed by atoms with Gasteiger partial charge in [-0.15, -0.1) is 0 Å².